The van der Waals surface area contributed by atoms with Gasteiger partial charge in [-0.3, -0.25) is 0 Å². The average Bonchev–Trinajstić information content (AvgIpc) is 2.38. The number of anilines is 1. The molecule has 0 saturated carbocycles. The minimum atomic E-state index is 0.0966. The number of nitrogen functional groups attached to an aromatic ring is 1. The molecule has 0 bridgehead atoms. The van der Waals surface area contributed by atoms with Gasteiger partial charge in [-0.2, -0.15) is 0 Å². The molecule has 100 valence electrons. The van der Waals surface area contributed by atoms with Gasteiger partial charge in [-0.1, -0.05) is 36.8 Å². The topological polar surface area (TPSA) is 50.9 Å². The molecule has 2 rings (SSSR count). The zero-order chi connectivity index (χ0) is 13.8. The van der Waals surface area contributed by atoms with Crippen LogP contribution in [0, 0.1) is 13.8 Å². The van der Waals surface area contributed by atoms with Crippen LogP contribution in [0.15, 0.2) is 36.5 Å². The SMILES string of the molecule is CCNC(c1ccc(C)cc1)c1c(C)ccnc1N. The highest BCUT2D eigenvalue weighted by molar-refractivity contribution is 5.50. The summed E-state index contributed by atoms with van der Waals surface area (Å²) in [6.07, 6.45) is 1.76. The molecule has 0 fully saturated rings. The van der Waals surface area contributed by atoms with Crippen LogP contribution in [0.25, 0.3) is 0 Å². The van der Waals surface area contributed by atoms with Crippen LogP contribution in [-0.2, 0) is 0 Å². The van der Waals surface area contributed by atoms with Crippen LogP contribution in [0.1, 0.15) is 35.2 Å². The van der Waals surface area contributed by atoms with Gasteiger partial charge in [0.25, 0.3) is 0 Å². The number of aromatic nitrogens is 1. The first-order valence-electron chi connectivity index (χ1n) is 6.64. The summed E-state index contributed by atoms with van der Waals surface area (Å²) in [5, 5.41) is 3.50. The van der Waals surface area contributed by atoms with Crippen LogP contribution in [0.5, 0.6) is 0 Å². The number of benzene rings is 1. The van der Waals surface area contributed by atoms with Crippen LogP contribution in [-0.4, -0.2) is 11.5 Å². The maximum absolute atomic E-state index is 6.07. The van der Waals surface area contributed by atoms with Gasteiger partial charge in [0.05, 0.1) is 6.04 Å². The predicted octanol–water partition coefficient (Wildman–Crippen LogP) is 2.98. The zero-order valence-electron chi connectivity index (χ0n) is 11.8. The zero-order valence-corrected chi connectivity index (χ0v) is 11.8. The fourth-order valence-electron chi connectivity index (χ4n) is 2.32. The van der Waals surface area contributed by atoms with Crippen LogP contribution in [0.3, 0.4) is 0 Å². The molecule has 0 radical (unpaired) electrons. The van der Waals surface area contributed by atoms with Gasteiger partial charge in [-0.25, -0.2) is 4.98 Å². The molecule has 1 heterocycles. The second kappa shape index (κ2) is 5.85. The molecular formula is C16H21N3. The van der Waals surface area contributed by atoms with Crippen molar-refractivity contribution >= 4 is 5.82 Å². The summed E-state index contributed by atoms with van der Waals surface area (Å²) >= 11 is 0. The second-order valence-electron chi connectivity index (χ2n) is 4.83. The lowest BCUT2D eigenvalue weighted by atomic mass is 9.95. The van der Waals surface area contributed by atoms with E-state index in [4.69, 9.17) is 5.73 Å². The van der Waals surface area contributed by atoms with E-state index in [2.05, 4.69) is 55.3 Å². The minimum absolute atomic E-state index is 0.0966. The molecule has 0 aliphatic rings. The van der Waals surface area contributed by atoms with E-state index in [0.29, 0.717) is 5.82 Å². The van der Waals surface area contributed by atoms with Crippen molar-refractivity contribution in [3.05, 3.63) is 58.8 Å². The summed E-state index contributed by atoms with van der Waals surface area (Å²) in [4.78, 5) is 4.22. The van der Waals surface area contributed by atoms with Crippen LogP contribution in [0.2, 0.25) is 0 Å². The Morgan fingerprint density at radius 3 is 2.42 bits per heavy atom. The van der Waals surface area contributed by atoms with Gasteiger partial charge in [0, 0.05) is 11.8 Å². The summed E-state index contributed by atoms with van der Waals surface area (Å²) in [5.41, 5.74) is 10.8. The lowest BCUT2D eigenvalue weighted by Crippen LogP contribution is -2.24. The van der Waals surface area contributed by atoms with Crippen molar-refractivity contribution in [1.82, 2.24) is 10.3 Å². The number of nitrogens with two attached hydrogens (primary N) is 1. The summed E-state index contributed by atoms with van der Waals surface area (Å²) < 4.78 is 0. The molecule has 1 aromatic carbocycles. The van der Waals surface area contributed by atoms with Gasteiger partial charge >= 0.3 is 0 Å². The Kier molecular flexibility index (Phi) is 4.17. The Labute approximate surface area is 114 Å². The van der Waals surface area contributed by atoms with Crippen molar-refractivity contribution < 1.29 is 0 Å². The van der Waals surface area contributed by atoms with Crippen LogP contribution >= 0.6 is 0 Å². The third kappa shape index (κ3) is 2.93. The first-order chi connectivity index (χ1) is 9.13. The predicted molar refractivity (Wildman–Crippen MR) is 80.1 cm³/mol. The van der Waals surface area contributed by atoms with E-state index in [1.54, 1.807) is 6.20 Å². The van der Waals surface area contributed by atoms with Crippen molar-refractivity contribution in [2.45, 2.75) is 26.8 Å². The normalized spacial score (nSPS) is 12.4. The number of nitrogens with one attached hydrogen (secondary N) is 1. The molecule has 0 aliphatic carbocycles. The quantitative estimate of drug-likeness (QED) is 0.883. The van der Waals surface area contributed by atoms with Gasteiger partial charge in [-0.05, 0) is 37.6 Å². The molecule has 0 saturated heterocycles. The average molecular weight is 255 g/mol. The Hall–Kier alpha value is -1.87. The summed E-state index contributed by atoms with van der Waals surface area (Å²) in [6, 6.07) is 10.6. The van der Waals surface area contributed by atoms with Gasteiger partial charge in [0.2, 0.25) is 0 Å². The standard InChI is InChI=1S/C16H21N3/c1-4-18-15(13-7-5-11(2)6-8-13)14-12(3)9-10-19-16(14)17/h5-10,15,18H,4H2,1-3H3,(H2,17,19). The van der Waals surface area contributed by atoms with Crippen LogP contribution < -0.4 is 11.1 Å². The maximum atomic E-state index is 6.07. The number of hydrogen-bond acceptors (Lipinski definition) is 3. The van der Waals surface area contributed by atoms with E-state index >= 15 is 0 Å². The Morgan fingerprint density at radius 1 is 1.16 bits per heavy atom. The Morgan fingerprint density at radius 2 is 1.84 bits per heavy atom. The van der Waals surface area contributed by atoms with E-state index in [9.17, 15) is 0 Å². The highest BCUT2D eigenvalue weighted by Gasteiger charge is 2.18. The molecule has 1 aromatic heterocycles. The van der Waals surface area contributed by atoms with Gasteiger partial charge < -0.3 is 11.1 Å². The molecule has 1 unspecified atom stereocenters. The molecule has 0 spiro atoms. The van der Waals surface area contributed by atoms with E-state index in [1.807, 2.05) is 6.07 Å². The monoisotopic (exact) mass is 255 g/mol. The molecule has 1 atom stereocenters. The Balaban J connectivity index is 2.48. The van der Waals surface area contributed by atoms with Gasteiger partial charge in [0.15, 0.2) is 0 Å². The van der Waals surface area contributed by atoms with E-state index in [1.165, 1.54) is 16.7 Å². The maximum Gasteiger partial charge on any atom is 0.128 e. The number of aryl methyl sites for hydroxylation is 2. The van der Waals surface area contributed by atoms with Crippen molar-refractivity contribution in [2.75, 3.05) is 12.3 Å². The molecule has 3 nitrogen and oxygen atoms in total. The smallest absolute Gasteiger partial charge is 0.128 e. The van der Waals surface area contributed by atoms with Crippen molar-refractivity contribution in [1.29, 1.82) is 0 Å². The third-order valence-electron chi connectivity index (χ3n) is 3.35. The number of rotatable bonds is 4. The van der Waals surface area contributed by atoms with E-state index in [-0.39, 0.29) is 6.04 Å². The molecule has 0 amide bonds. The van der Waals surface area contributed by atoms with Gasteiger partial charge in [0.1, 0.15) is 5.82 Å². The lowest BCUT2D eigenvalue weighted by Gasteiger charge is -2.22. The summed E-state index contributed by atoms with van der Waals surface area (Å²) in [6.45, 7) is 7.15. The largest absolute Gasteiger partial charge is 0.383 e. The molecule has 2 aromatic rings. The fourth-order valence-corrected chi connectivity index (χ4v) is 2.32. The molecule has 19 heavy (non-hydrogen) atoms. The summed E-state index contributed by atoms with van der Waals surface area (Å²) in [7, 11) is 0. The van der Waals surface area contributed by atoms with Crippen molar-refractivity contribution in [3.63, 3.8) is 0 Å². The van der Waals surface area contributed by atoms with E-state index < -0.39 is 0 Å². The molecule has 3 heteroatoms. The first kappa shape index (κ1) is 13.6. The number of hydrogen-bond donors (Lipinski definition) is 2. The van der Waals surface area contributed by atoms with Crippen molar-refractivity contribution in [3.8, 4) is 0 Å². The van der Waals surface area contributed by atoms with E-state index in [0.717, 1.165) is 12.1 Å². The minimum Gasteiger partial charge on any atom is -0.383 e. The van der Waals surface area contributed by atoms with Gasteiger partial charge in [-0.15, -0.1) is 0 Å². The summed E-state index contributed by atoms with van der Waals surface area (Å²) in [5.74, 6) is 0.603. The second-order valence-corrected chi connectivity index (χ2v) is 4.83. The third-order valence-corrected chi connectivity index (χ3v) is 3.35. The first-order valence-corrected chi connectivity index (χ1v) is 6.64. The Bertz CT molecular complexity index is 526. The van der Waals surface area contributed by atoms with Crippen molar-refractivity contribution in [2.24, 2.45) is 0 Å². The molecule has 3 N–H and O–H groups in total. The number of pyridine rings is 1. The lowest BCUT2D eigenvalue weighted by molar-refractivity contribution is 0.627. The van der Waals surface area contributed by atoms with Crippen LogP contribution in [0.4, 0.5) is 5.82 Å². The fraction of sp³-hybridized carbons (Fsp3) is 0.312. The number of nitrogens with zero attached hydrogens (tertiary/aromatic N) is 1. The highest BCUT2D eigenvalue weighted by Crippen LogP contribution is 2.28. The highest BCUT2D eigenvalue weighted by atomic mass is 14.9. The molecular weight excluding hydrogens is 234 g/mol. The molecule has 0 aliphatic heterocycles.